The highest BCUT2D eigenvalue weighted by Crippen LogP contribution is 2.11. The molecule has 0 spiro atoms. The van der Waals surface area contributed by atoms with Crippen LogP contribution in [0.4, 0.5) is 5.69 Å². The van der Waals surface area contributed by atoms with E-state index in [2.05, 4.69) is 21.7 Å². The second kappa shape index (κ2) is 5.86. The molecule has 1 aromatic carbocycles. The number of nitrogens with one attached hydrogen (secondary N) is 1. The topological polar surface area (TPSA) is 56.2 Å². The van der Waals surface area contributed by atoms with E-state index < -0.39 is 0 Å². The van der Waals surface area contributed by atoms with Crippen LogP contribution in [0, 0.1) is 0 Å². The monoisotopic (exact) mass is 257 g/mol. The van der Waals surface area contributed by atoms with Crippen molar-refractivity contribution in [2.24, 2.45) is 0 Å². The third-order valence-corrected chi connectivity index (χ3v) is 2.64. The molecule has 98 valence electrons. The summed E-state index contributed by atoms with van der Waals surface area (Å²) in [5, 5.41) is 7.34. The second-order valence-corrected chi connectivity index (χ2v) is 3.93. The first kappa shape index (κ1) is 12.9. The maximum atomic E-state index is 11.3. The van der Waals surface area contributed by atoms with Crippen molar-refractivity contribution >= 4 is 17.9 Å². The zero-order chi connectivity index (χ0) is 13.7. The first-order chi connectivity index (χ1) is 9.22. The van der Waals surface area contributed by atoms with Crippen molar-refractivity contribution in [1.82, 2.24) is 9.78 Å². The zero-order valence-electron chi connectivity index (χ0n) is 10.7. The Hall–Kier alpha value is -2.56. The van der Waals surface area contributed by atoms with Gasteiger partial charge in [-0.15, -0.1) is 0 Å². The van der Waals surface area contributed by atoms with E-state index in [0.29, 0.717) is 12.1 Å². The van der Waals surface area contributed by atoms with Gasteiger partial charge in [0.15, 0.2) is 0 Å². The number of ether oxygens (including phenoxy) is 1. The molecule has 5 nitrogen and oxygen atoms in total. The number of hydrogen-bond donors (Lipinski definition) is 1. The highest BCUT2D eigenvalue weighted by atomic mass is 16.5. The van der Waals surface area contributed by atoms with Gasteiger partial charge in [0.1, 0.15) is 0 Å². The lowest BCUT2D eigenvalue weighted by Gasteiger charge is -2.05. The van der Waals surface area contributed by atoms with E-state index in [1.54, 1.807) is 29.2 Å². The van der Waals surface area contributed by atoms with Crippen molar-refractivity contribution in [2.45, 2.75) is 6.54 Å². The molecule has 5 heteroatoms. The number of aromatic nitrogens is 2. The van der Waals surface area contributed by atoms with Gasteiger partial charge >= 0.3 is 5.97 Å². The molecule has 2 aromatic rings. The molecule has 0 radical (unpaired) electrons. The van der Waals surface area contributed by atoms with E-state index in [1.165, 1.54) is 7.11 Å². The molecule has 0 fully saturated rings. The Morgan fingerprint density at radius 2 is 2.21 bits per heavy atom. The van der Waals surface area contributed by atoms with Crippen molar-refractivity contribution in [3.05, 3.63) is 54.4 Å². The Balaban J connectivity index is 1.96. The number of carbonyl (C=O) groups is 1. The van der Waals surface area contributed by atoms with E-state index in [0.717, 1.165) is 11.3 Å². The predicted molar refractivity (Wildman–Crippen MR) is 73.7 cm³/mol. The number of benzene rings is 1. The minimum absolute atomic E-state index is 0.334. The predicted octanol–water partition coefficient (Wildman–Crippen LogP) is 2.38. The van der Waals surface area contributed by atoms with Crippen molar-refractivity contribution in [1.29, 1.82) is 0 Å². The highest BCUT2D eigenvalue weighted by molar-refractivity contribution is 5.89. The van der Waals surface area contributed by atoms with E-state index >= 15 is 0 Å². The molecular weight excluding hydrogens is 242 g/mol. The van der Waals surface area contributed by atoms with Crippen LogP contribution in [0.25, 0.3) is 6.20 Å². The molecular formula is C14H15N3O2. The van der Waals surface area contributed by atoms with Crippen molar-refractivity contribution in [3.63, 3.8) is 0 Å². The van der Waals surface area contributed by atoms with Gasteiger partial charge in [-0.1, -0.05) is 6.58 Å². The Morgan fingerprint density at radius 3 is 2.79 bits per heavy atom. The van der Waals surface area contributed by atoms with Gasteiger partial charge in [-0.2, -0.15) is 5.10 Å². The van der Waals surface area contributed by atoms with Gasteiger partial charge in [0.05, 0.1) is 18.9 Å². The first-order valence-corrected chi connectivity index (χ1v) is 5.81. The van der Waals surface area contributed by atoms with Crippen molar-refractivity contribution < 1.29 is 9.53 Å². The van der Waals surface area contributed by atoms with E-state index in [-0.39, 0.29) is 5.97 Å². The Kier molecular flexibility index (Phi) is 3.97. The summed E-state index contributed by atoms with van der Waals surface area (Å²) in [5.74, 6) is -0.334. The Labute approximate surface area is 111 Å². The molecule has 0 saturated carbocycles. The Bertz CT molecular complexity index is 573. The molecule has 0 unspecified atom stereocenters. The fraction of sp³-hybridized carbons (Fsp3) is 0.143. The van der Waals surface area contributed by atoms with Gasteiger partial charge in [0.2, 0.25) is 0 Å². The molecule has 0 amide bonds. The minimum atomic E-state index is -0.334. The van der Waals surface area contributed by atoms with Crippen LogP contribution in [-0.2, 0) is 11.3 Å². The number of hydrogen-bond acceptors (Lipinski definition) is 4. The molecule has 0 aliphatic heterocycles. The molecule has 0 bridgehead atoms. The van der Waals surface area contributed by atoms with Crippen LogP contribution in [0.3, 0.4) is 0 Å². The third kappa shape index (κ3) is 3.22. The standard InChI is InChI=1S/C14H15N3O2/c1-3-17-10-11(9-16-17)8-15-13-6-4-12(5-7-13)14(18)19-2/h3-7,9-10,15H,1,8H2,2H3. The van der Waals surface area contributed by atoms with E-state index in [9.17, 15) is 4.79 Å². The average Bonchev–Trinajstić information content (AvgIpc) is 2.93. The molecule has 19 heavy (non-hydrogen) atoms. The van der Waals surface area contributed by atoms with E-state index in [4.69, 9.17) is 0 Å². The Morgan fingerprint density at radius 1 is 1.47 bits per heavy atom. The minimum Gasteiger partial charge on any atom is -0.465 e. The van der Waals surface area contributed by atoms with Gasteiger partial charge < -0.3 is 10.1 Å². The maximum absolute atomic E-state index is 11.3. The number of carbonyl (C=O) groups excluding carboxylic acids is 1. The summed E-state index contributed by atoms with van der Waals surface area (Å²) in [4.78, 5) is 11.3. The normalized spacial score (nSPS) is 9.95. The average molecular weight is 257 g/mol. The zero-order valence-corrected chi connectivity index (χ0v) is 10.7. The SMILES string of the molecule is C=Cn1cc(CNc2ccc(C(=O)OC)cc2)cn1. The van der Waals surface area contributed by atoms with Gasteiger partial charge in [0.25, 0.3) is 0 Å². The summed E-state index contributed by atoms with van der Waals surface area (Å²) in [5.41, 5.74) is 2.52. The summed E-state index contributed by atoms with van der Waals surface area (Å²) in [6.45, 7) is 4.29. The summed E-state index contributed by atoms with van der Waals surface area (Å²) >= 11 is 0. The van der Waals surface area contributed by atoms with Crippen LogP contribution in [-0.4, -0.2) is 22.9 Å². The molecule has 0 aliphatic carbocycles. The van der Waals surface area contributed by atoms with Crippen LogP contribution >= 0.6 is 0 Å². The van der Waals surface area contributed by atoms with Crippen LogP contribution < -0.4 is 5.32 Å². The molecule has 1 heterocycles. The fourth-order valence-corrected chi connectivity index (χ4v) is 1.61. The lowest BCUT2D eigenvalue weighted by Crippen LogP contribution is -2.02. The van der Waals surface area contributed by atoms with Crippen molar-refractivity contribution in [3.8, 4) is 0 Å². The van der Waals surface area contributed by atoms with Gasteiger partial charge in [-0.3, -0.25) is 0 Å². The van der Waals surface area contributed by atoms with Crippen LogP contribution in [0.15, 0.2) is 43.2 Å². The molecule has 1 N–H and O–H groups in total. The smallest absolute Gasteiger partial charge is 0.337 e. The van der Waals surface area contributed by atoms with Gasteiger partial charge in [-0.05, 0) is 24.3 Å². The number of nitrogens with zero attached hydrogens (tertiary/aromatic N) is 2. The summed E-state index contributed by atoms with van der Waals surface area (Å²) in [6, 6.07) is 7.12. The lowest BCUT2D eigenvalue weighted by atomic mass is 10.2. The number of methoxy groups -OCH3 is 1. The molecule has 0 aliphatic rings. The largest absolute Gasteiger partial charge is 0.465 e. The van der Waals surface area contributed by atoms with Gasteiger partial charge in [0, 0.05) is 30.2 Å². The molecule has 0 saturated heterocycles. The van der Waals surface area contributed by atoms with Crippen LogP contribution in [0.2, 0.25) is 0 Å². The number of esters is 1. The maximum Gasteiger partial charge on any atom is 0.337 e. The second-order valence-electron chi connectivity index (χ2n) is 3.93. The van der Waals surface area contributed by atoms with Gasteiger partial charge in [-0.25, -0.2) is 9.48 Å². The fourth-order valence-electron chi connectivity index (χ4n) is 1.61. The molecule has 1 aromatic heterocycles. The van der Waals surface area contributed by atoms with Crippen molar-refractivity contribution in [2.75, 3.05) is 12.4 Å². The lowest BCUT2D eigenvalue weighted by molar-refractivity contribution is 0.0601. The summed E-state index contributed by atoms with van der Waals surface area (Å²) in [7, 11) is 1.37. The summed E-state index contributed by atoms with van der Waals surface area (Å²) < 4.78 is 6.29. The third-order valence-electron chi connectivity index (χ3n) is 2.64. The summed E-state index contributed by atoms with van der Waals surface area (Å²) in [6.07, 6.45) is 5.30. The number of anilines is 1. The first-order valence-electron chi connectivity index (χ1n) is 5.81. The highest BCUT2D eigenvalue weighted by Gasteiger charge is 2.04. The quantitative estimate of drug-likeness (QED) is 0.835. The molecule has 0 atom stereocenters. The van der Waals surface area contributed by atoms with Crippen LogP contribution in [0.1, 0.15) is 15.9 Å². The number of rotatable bonds is 5. The molecule has 2 rings (SSSR count). The van der Waals surface area contributed by atoms with Crippen LogP contribution in [0.5, 0.6) is 0 Å². The van der Waals surface area contributed by atoms with E-state index in [1.807, 2.05) is 18.3 Å².